The molecule has 0 amide bonds. The maximum absolute atomic E-state index is 14.6. The van der Waals surface area contributed by atoms with Gasteiger partial charge in [0.1, 0.15) is 92.1 Å². The molecular formula is C115H134O19. The molecule has 16 atom stereocenters. The molecule has 708 valence electrons. The molecule has 0 radical (unpaired) electrons. The van der Waals surface area contributed by atoms with Gasteiger partial charge in [0.25, 0.3) is 0 Å². The maximum Gasteiger partial charge on any atom is 0.305 e. The van der Waals surface area contributed by atoms with Crippen molar-refractivity contribution in [2.75, 3.05) is 34.0 Å². The molecule has 0 N–H and O–H groups in total. The van der Waals surface area contributed by atoms with E-state index < -0.39 is 98.0 Å². The Bertz CT molecular complexity index is 5040. The lowest BCUT2D eigenvalue weighted by Gasteiger charge is -2.53. The minimum absolute atomic E-state index is 0.000846. The Labute approximate surface area is 792 Å². The molecule has 11 aromatic rings. The molecule has 2 saturated heterocycles. The summed E-state index contributed by atoms with van der Waals surface area (Å²) in [6, 6.07) is 104. The highest BCUT2D eigenvalue weighted by atomic mass is 16.8. The van der Waals surface area contributed by atoms with Gasteiger partial charge in [-0.1, -0.05) is 393 Å². The van der Waals surface area contributed by atoms with E-state index in [1.54, 1.807) is 20.3 Å². The molecular weight excluding hydrogens is 1690 g/mol. The Morgan fingerprint density at radius 2 is 0.560 bits per heavy atom. The third-order valence-corrected chi connectivity index (χ3v) is 24.8. The summed E-state index contributed by atoms with van der Waals surface area (Å²) in [7, 11) is 3.26. The highest BCUT2D eigenvalue weighted by Gasteiger charge is 2.61. The van der Waals surface area contributed by atoms with E-state index >= 15 is 0 Å². The fourth-order valence-corrected chi connectivity index (χ4v) is 17.6. The van der Waals surface area contributed by atoms with Crippen LogP contribution in [0.4, 0.5) is 0 Å². The van der Waals surface area contributed by atoms with Gasteiger partial charge in [-0.15, -0.1) is 6.58 Å². The van der Waals surface area contributed by atoms with E-state index in [0.717, 1.165) is 86.0 Å². The van der Waals surface area contributed by atoms with E-state index in [1.165, 1.54) is 57.8 Å². The van der Waals surface area contributed by atoms with Crippen LogP contribution < -0.4 is 9.47 Å². The highest BCUT2D eigenvalue weighted by molar-refractivity contribution is 5.69. The number of unbranched alkanes of at least 4 members (excludes halogenated alkanes) is 12. The molecule has 19 heteroatoms. The van der Waals surface area contributed by atoms with Crippen molar-refractivity contribution in [2.45, 2.75) is 261 Å². The molecule has 0 spiro atoms. The Morgan fingerprint density at radius 1 is 0.284 bits per heavy atom. The molecule has 3 fully saturated rings. The molecule has 0 unspecified atom stereocenters. The van der Waals surface area contributed by atoms with Crippen molar-refractivity contribution in [2.24, 2.45) is 0 Å². The molecule has 0 bridgehead atoms. The minimum Gasteiger partial charge on any atom is -0.493 e. The van der Waals surface area contributed by atoms with Crippen molar-refractivity contribution in [3.63, 3.8) is 0 Å². The number of ether oxygens (including phenoxy) is 18. The average Bonchev–Trinajstić information content (AvgIpc) is 0.743. The fourth-order valence-electron chi connectivity index (χ4n) is 17.6. The second-order valence-electron chi connectivity index (χ2n) is 34.7. The predicted octanol–water partition coefficient (Wildman–Crippen LogP) is 23.0. The van der Waals surface area contributed by atoms with E-state index in [0.29, 0.717) is 17.9 Å². The first-order chi connectivity index (χ1) is 66.2. The lowest BCUT2D eigenvalue weighted by molar-refractivity contribution is -0.383. The number of hydrogen-bond donors (Lipinski definition) is 0. The molecule has 2 aliphatic heterocycles. The van der Waals surface area contributed by atoms with E-state index in [-0.39, 0.29) is 98.3 Å². The van der Waals surface area contributed by atoms with Crippen LogP contribution in [0.2, 0.25) is 0 Å². The standard InChI is InChI=1S/C115H134O19/c1-5-7-8-9-10-11-12-13-14-15-16-17-45-64-101(116)121-84-100-103(123-75-87-50-31-20-32-51-87)105(125-77-89-54-35-22-36-55-89)113(130-81-93-62-43-26-44-63-93)115(132-100)134-111-108(128-82-94-65-67-95(68-66-94)96-69-70-97(117-3)98(72-96)118-4)106(126-78-90-56-37-23-38-57-90)107(127-79-91-58-39-24-40-59-91)110(109(111)120-71-6-2)133-114-112(129-80-92-60-41-25-42-61-92)104(124-76-88-52-33-21-34-53-88)102(122-74-86-48-29-19-30-49-86)99(131-114)83-119-73-85-46-27-18-28-47-85/h6,18-44,46-63,65-70,72,99-100,102-115H,2,5,7-17,45,64,71,73-84H2,1,3-4H3/t99-,100-,102-,103-,104+,105+,106+,107+,108-,109+,110-,111-,112+,113+,114-,115-/m1/s1. The van der Waals surface area contributed by atoms with Gasteiger partial charge in [0.2, 0.25) is 0 Å². The fraction of sp³-hybridized carbons (Fsp3) is 0.400. The topological polar surface area (TPSA) is 183 Å². The van der Waals surface area contributed by atoms with Crippen LogP contribution in [0.1, 0.15) is 152 Å². The van der Waals surface area contributed by atoms with Gasteiger partial charge < -0.3 is 85.3 Å². The number of carbonyl (C=O) groups excluding carboxylic acids is 1. The first-order valence-corrected chi connectivity index (χ1v) is 48.0. The first kappa shape index (κ1) is 99.6. The van der Waals surface area contributed by atoms with Crippen LogP contribution in [-0.2, 0) is 147 Å². The van der Waals surface area contributed by atoms with Crippen LogP contribution in [0, 0.1) is 0 Å². The van der Waals surface area contributed by atoms with Crippen molar-refractivity contribution < 1.29 is 90.1 Å². The van der Waals surface area contributed by atoms with Crippen LogP contribution in [-0.4, -0.2) is 138 Å². The minimum atomic E-state index is -1.44. The van der Waals surface area contributed by atoms with Gasteiger partial charge >= 0.3 is 5.97 Å². The average molecular weight is 1820 g/mol. The number of hydrogen-bond acceptors (Lipinski definition) is 19. The molecule has 3 aliphatic rings. The molecule has 1 aliphatic carbocycles. The Kier molecular flexibility index (Phi) is 41.3. The van der Waals surface area contributed by atoms with Gasteiger partial charge in [-0.25, -0.2) is 0 Å². The smallest absolute Gasteiger partial charge is 0.305 e. The maximum atomic E-state index is 14.6. The van der Waals surface area contributed by atoms with Crippen molar-refractivity contribution in [1.82, 2.24) is 0 Å². The zero-order chi connectivity index (χ0) is 92.2. The van der Waals surface area contributed by atoms with Gasteiger partial charge in [0.05, 0.1) is 93.5 Å². The van der Waals surface area contributed by atoms with E-state index in [4.69, 9.17) is 85.3 Å². The van der Waals surface area contributed by atoms with Crippen LogP contribution >= 0.6 is 0 Å². The zero-order valence-electron chi connectivity index (χ0n) is 77.9. The predicted molar refractivity (Wildman–Crippen MR) is 518 cm³/mol. The summed E-state index contributed by atoms with van der Waals surface area (Å²) in [5, 5.41) is 0. The summed E-state index contributed by atoms with van der Waals surface area (Å²) >= 11 is 0. The second-order valence-corrected chi connectivity index (χ2v) is 34.7. The SMILES string of the molecule is C=CCO[C@@H]1[C@H](O[C@H]2O[C@H](COC(=O)CCCCCCCCCCCCCCC)[C@@H](OCc3ccccc3)[C@H](OCc3ccccc3)[C@@H]2OCc2ccccc2)[C@H](OCc2ccc(-c3ccc(OC)c(OC)c3)cc2)[C@@H](OCc2ccccc2)[C@H](OCc2ccccc2)[C@H]1O[C@H]1O[C@H](COCc2ccccc2)[C@@H](OCc2ccccc2)[C@H](OCc2ccccc2)[C@@H]1OCc1ccccc1. The summed E-state index contributed by atoms with van der Waals surface area (Å²) < 4.78 is 132. The van der Waals surface area contributed by atoms with Crippen LogP contribution in [0.15, 0.2) is 328 Å². The monoisotopic (exact) mass is 1820 g/mol. The van der Waals surface area contributed by atoms with E-state index in [9.17, 15) is 4.79 Å². The van der Waals surface area contributed by atoms with Crippen LogP contribution in [0.25, 0.3) is 11.1 Å². The molecule has 19 nitrogen and oxygen atoms in total. The summed E-state index contributed by atoms with van der Waals surface area (Å²) in [5.74, 6) is 0.848. The summed E-state index contributed by atoms with van der Waals surface area (Å²) in [6.45, 7) is 7.39. The highest BCUT2D eigenvalue weighted by Crippen LogP contribution is 2.43. The zero-order valence-corrected chi connectivity index (χ0v) is 77.9. The summed E-state index contributed by atoms with van der Waals surface area (Å²) in [6.07, 6.45) is -1.07. The van der Waals surface area contributed by atoms with E-state index in [1.807, 2.05) is 303 Å². The van der Waals surface area contributed by atoms with Gasteiger partial charge in [-0.2, -0.15) is 0 Å². The van der Waals surface area contributed by atoms with Crippen molar-refractivity contribution in [3.05, 3.63) is 384 Å². The number of carbonyl (C=O) groups is 1. The lowest BCUT2D eigenvalue weighted by Crippen LogP contribution is -2.71. The van der Waals surface area contributed by atoms with Crippen LogP contribution in [0.3, 0.4) is 0 Å². The Morgan fingerprint density at radius 3 is 0.896 bits per heavy atom. The van der Waals surface area contributed by atoms with E-state index in [2.05, 4.69) is 25.6 Å². The van der Waals surface area contributed by atoms with Crippen molar-refractivity contribution in [3.8, 4) is 22.6 Å². The van der Waals surface area contributed by atoms with Gasteiger partial charge in [0, 0.05) is 6.42 Å². The summed E-state index contributed by atoms with van der Waals surface area (Å²) in [5.41, 5.74) is 10.7. The number of benzene rings is 11. The second kappa shape index (κ2) is 55.6. The number of esters is 1. The molecule has 134 heavy (non-hydrogen) atoms. The molecule has 2 heterocycles. The van der Waals surface area contributed by atoms with Crippen LogP contribution in [0.5, 0.6) is 11.5 Å². The molecule has 14 rings (SSSR count). The Balaban J connectivity index is 0.915. The van der Waals surface area contributed by atoms with Gasteiger partial charge in [-0.05, 0) is 85.3 Å². The van der Waals surface area contributed by atoms with Gasteiger partial charge in [0.15, 0.2) is 24.1 Å². The molecule has 0 aromatic heterocycles. The number of methoxy groups -OCH3 is 2. The molecule has 1 saturated carbocycles. The summed E-state index contributed by atoms with van der Waals surface area (Å²) in [4.78, 5) is 14.6. The normalized spacial score (nSPS) is 22.3. The number of rotatable bonds is 57. The lowest BCUT2D eigenvalue weighted by atomic mass is 9.83. The third kappa shape index (κ3) is 30.8. The van der Waals surface area contributed by atoms with Gasteiger partial charge in [-0.3, -0.25) is 4.79 Å². The third-order valence-electron chi connectivity index (χ3n) is 24.8. The van der Waals surface area contributed by atoms with Crippen molar-refractivity contribution in [1.29, 1.82) is 0 Å². The Hall–Kier alpha value is -10.4. The quantitative estimate of drug-likeness (QED) is 0.0199. The molecule has 11 aromatic carbocycles. The first-order valence-electron chi connectivity index (χ1n) is 48.0. The van der Waals surface area contributed by atoms with Crippen molar-refractivity contribution >= 4 is 5.97 Å². The largest absolute Gasteiger partial charge is 0.493 e.